The maximum absolute atomic E-state index is 12.8. The van der Waals surface area contributed by atoms with Crippen molar-refractivity contribution in [2.75, 3.05) is 10.6 Å². The van der Waals surface area contributed by atoms with E-state index >= 15 is 0 Å². The number of nitrogens with one attached hydrogen (secondary N) is 2. The molecule has 3 rings (SSSR count). The Balaban J connectivity index is 1.69. The number of carbonyl (C=O) groups is 1. The quantitative estimate of drug-likeness (QED) is 0.747. The topological polar surface area (TPSA) is 54.0 Å². The number of anilines is 2. The molecule has 1 heterocycles. The van der Waals surface area contributed by atoms with Crippen LogP contribution in [0.25, 0.3) is 0 Å². The number of carbonyl (C=O) groups excluding carboxylic acids is 1. The van der Waals surface area contributed by atoms with Crippen LogP contribution < -0.4 is 10.6 Å². The van der Waals surface area contributed by atoms with E-state index in [2.05, 4.69) is 15.6 Å². The number of alkyl halides is 3. The van der Waals surface area contributed by atoms with Crippen LogP contribution in [0.2, 0.25) is 5.02 Å². The predicted octanol–water partition coefficient (Wildman–Crippen LogP) is 5.36. The lowest BCUT2D eigenvalue weighted by atomic mass is 10.2. The van der Waals surface area contributed by atoms with Gasteiger partial charge in [-0.05, 0) is 43.2 Å². The van der Waals surface area contributed by atoms with Gasteiger partial charge in [0.25, 0.3) is 5.91 Å². The Kier molecular flexibility index (Phi) is 5.36. The van der Waals surface area contributed by atoms with E-state index in [1.165, 1.54) is 19.0 Å². The highest BCUT2D eigenvalue weighted by Crippen LogP contribution is 2.34. The molecule has 1 saturated carbocycles. The molecule has 4 nitrogen and oxygen atoms in total. The van der Waals surface area contributed by atoms with Crippen molar-refractivity contribution < 1.29 is 18.0 Å². The van der Waals surface area contributed by atoms with Gasteiger partial charge in [0.15, 0.2) is 0 Å². The molecule has 2 N–H and O–H groups in total. The molecular formula is C18H17ClF3N3O. The first-order valence-corrected chi connectivity index (χ1v) is 8.61. The summed E-state index contributed by atoms with van der Waals surface area (Å²) < 4.78 is 38.4. The zero-order valence-electron chi connectivity index (χ0n) is 13.7. The molecular weight excluding hydrogens is 367 g/mol. The molecule has 0 unspecified atom stereocenters. The molecule has 1 aromatic heterocycles. The molecule has 26 heavy (non-hydrogen) atoms. The minimum atomic E-state index is -4.51. The van der Waals surface area contributed by atoms with Crippen molar-refractivity contribution in [3.8, 4) is 0 Å². The predicted molar refractivity (Wildman–Crippen MR) is 94.5 cm³/mol. The summed E-state index contributed by atoms with van der Waals surface area (Å²) in [6.45, 7) is 0. The lowest BCUT2D eigenvalue weighted by molar-refractivity contribution is -0.137. The van der Waals surface area contributed by atoms with Crippen molar-refractivity contribution in [3.63, 3.8) is 0 Å². The van der Waals surface area contributed by atoms with E-state index in [4.69, 9.17) is 11.6 Å². The summed E-state index contributed by atoms with van der Waals surface area (Å²) in [6.07, 6.45) is 1.44. The van der Waals surface area contributed by atoms with Crippen LogP contribution in [-0.2, 0) is 6.18 Å². The second kappa shape index (κ2) is 7.53. The molecule has 0 aliphatic heterocycles. The summed E-state index contributed by atoms with van der Waals surface area (Å²) in [5, 5.41) is 5.73. The second-order valence-corrected chi connectivity index (χ2v) is 6.61. The Morgan fingerprint density at radius 1 is 1.15 bits per heavy atom. The third kappa shape index (κ3) is 4.46. The molecule has 0 atom stereocenters. The zero-order chi connectivity index (χ0) is 18.7. The van der Waals surface area contributed by atoms with Crippen LogP contribution in [0.3, 0.4) is 0 Å². The van der Waals surface area contributed by atoms with E-state index in [-0.39, 0.29) is 16.3 Å². The fourth-order valence-corrected chi connectivity index (χ4v) is 3.05. The average Bonchev–Trinajstić information content (AvgIpc) is 3.09. The summed E-state index contributed by atoms with van der Waals surface area (Å²) >= 11 is 5.89. The molecule has 0 saturated heterocycles. The van der Waals surface area contributed by atoms with Crippen LogP contribution in [0, 0.1) is 0 Å². The number of rotatable bonds is 4. The van der Waals surface area contributed by atoms with E-state index < -0.39 is 17.6 Å². The molecule has 1 fully saturated rings. The van der Waals surface area contributed by atoms with Gasteiger partial charge in [-0.3, -0.25) is 4.79 Å². The number of halogens is 4. The van der Waals surface area contributed by atoms with Gasteiger partial charge < -0.3 is 10.6 Å². The van der Waals surface area contributed by atoms with Gasteiger partial charge >= 0.3 is 6.18 Å². The number of hydrogen-bond donors (Lipinski definition) is 2. The third-order valence-electron chi connectivity index (χ3n) is 4.27. The summed E-state index contributed by atoms with van der Waals surface area (Å²) in [5.41, 5.74) is -0.749. The summed E-state index contributed by atoms with van der Waals surface area (Å²) in [5.74, 6) is 0.0942. The highest BCUT2D eigenvalue weighted by Gasteiger charge is 2.31. The van der Waals surface area contributed by atoms with Gasteiger partial charge in [0.05, 0.1) is 21.8 Å². The van der Waals surface area contributed by atoms with E-state index in [0.717, 1.165) is 31.0 Å². The molecule has 0 bridgehead atoms. The number of aromatic nitrogens is 1. The molecule has 0 radical (unpaired) electrons. The summed E-state index contributed by atoms with van der Waals surface area (Å²) in [7, 11) is 0. The van der Waals surface area contributed by atoms with Gasteiger partial charge in [-0.25, -0.2) is 4.98 Å². The molecule has 8 heteroatoms. The summed E-state index contributed by atoms with van der Waals surface area (Å²) in [4.78, 5) is 16.5. The lowest BCUT2D eigenvalue weighted by Gasteiger charge is -2.13. The van der Waals surface area contributed by atoms with Crippen LogP contribution in [0.1, 0.15) is 41.6 Å². The standard InChI is InChI=1S/C18H17ClF3N3O/c19-14-7-6-12(18(20,21)22)9-15(14)25-17(26)11-5-8-16(23-10-11)24-13-3-1-2-4-13/h5-10,13H,1-4H2,(H,23,24)(H,25,26). The molecule has 0 spiro atoms. The first-order chi connectivity index (χ1) is 12.3. The lowest BCUT2D eigenvalue weighted by Crippen LogP contribution is -2.17. The smallest absolute Gasteiger partial charge is 0.367 e. The van der Waals surface area contributed by atoms with E-state index in [9.17, 15) is 18.0 Å². The average molecular weight is 384 g/mol. The number of pyridine rings is 1. The SMILES string of the molecule is O=C(Nc1cc(C(F)(F)F)ccc1Cl)c1ccc(NC2CCCC2)nc1. The van der Waals surface area contributed by atoms with Crippen molar-refractivity contribution >= 4 is 29.0 Å². The van der Waals surface area contributed by atoms with Gasteiger partial charge in [0, 0.05) is 12.2 Å². The molecule has 138 valence electrons. The van der Waals surface area contributed by atoms with E-state index in [0.29, 0.717) is 11.9 Å². The molecule has 1 aliphatic rings. The zero-order valence-corrected chi connectivity index (χ0v) is 14.5. The Morgan fingerprint density at radius 3 is 2.50 bits per heavy atom. The number of amides is 1. The Labute approximate surface area is 153 Å². The van der Waals surface area contributed by atoms with E-state index in [1.807, 2.05) is 0 Å². The monoisotopic (exact) mass is 383 g/mol. The van der Waals surface area contributed by atoms with Gasteiger partial charge in [0.2, 0.25) is 0 Å². The minimum absolute atomic E-state index is 0.0267. The van der Waals surface area contributed by atoms with Crippen LogP contribution in [-0.4, -0.2) is 16.9 Å². The molecule has 1 aliphatic carbocycles. The maximum atomic E-state index is 12.8. The molecule has 1 amide bonds. The van der Waals surface area contributed by atoms with Gasteiger partial charge in [-0.1, -0.05) is 24.4 Å². The largest absolute Gasteiger partial charge is 0.416 e. The Hall–Kier alpha value is -2.28. The van der Waals surface area contributed by atoms with Crippen molar-refractivity contribution in [1.29, 1.82) is 0 Å². The molecule has 1 aromatic carbocycles. The highest BCUT2D eigenvalue weighted by atomic mass is 35.5. The van der Waals surface area contributed by atoms with E-state index in [1.54, 1.807) is 12.1 Å². The van der Waals surface area contributed by atoms with Gasteiger partial charge in [-0.15, -0.1) is 0 Å². The van der Waals surface area contributed by atoms with Gasteiger partial charge in [-0.2, -0.15) is 13.2 Å². The van der Waals surface area contributed by atoms with Gasteiger partial charge in [0.1, 0.15) is 5.82 Å². The van der Waals surface area contributed by atoms with Crippen molar-refractivity contribution in [2.45, 2.75) is 37.9 Å². The van der Waals surface area contributed by atoms with Crippen LogP contribution in [0.4, 0.5) is 24.7 Å². The van der Waals surface area contributed by atoms with Crippen LogP contribution in [0.15, 0.2) is 36.5 Å². The van der Waals surface area contributed by atoms with Crippen molar-refractivity contribution in [3.05, 3.63) is 52.7 Å². The van der Waals surface area contributed by atoms with Crippen LogP contribution >= 0.6 is 11.6 Å². The number of nitrogens with zero attached hydrogens (tertiary/aromatic N) is 1. The Bertz CT molecular complexity index is 787. The van der Waals surface area contributed by atoms with Crippen molar-refractivity contribution in [2.24, 2.45) is 0 Å². The highest BCUT2D eigenvalue weighted by molar-refractivity contribution is 6.34. The number of benzene rings is 1. The summed E-state index contributed by atoms with van der Waals surface area (Å²) in [6, 6.07) is 6.42. The Morgan fingerprint density at radius 2 is 1.88 bits per heavy atom. The van der Waals surface area contributed by atoms with Crippen LogP contribution in [0.5, 0.6) is 0 Å². The fraction of sp³-hybridized carbons (Fsp3) is 0.333. The first kappa shape index (κ1) is 18.5. The normalized spacial score (nSPS) is 15.1. The first-order valence-electron chi connectivity index (χ1n) is 8.23. The minimum Gasteiger partial charge on any atom is -0.367 e. The van der Waals surface area contributed by atoms with Crippen molar-refractivity contribution in [1.82, 2.24) is 4.98 Å². The fourth-order valence-electron chi connectivity index (χ4n) is 2.88. The molecule has 2 aromatic rings. The maximum Gasteiger partial charge on any atom is 0.416 e. The number of hydrogen-bond acceptors (Lipinski definition) is 3. The second-order valence-electron chi connectivity index (χ2n) is 6.20. The third-order valence-corrected chi connectivity index (χ3v) is 4.60.